The van der Waals surface area contributed by atoms with Gasteiger partial charge in [-0.1, -0.05) is 75.8 Å². The second kappa shape index (κ2) is 12.8. The standard InChI is InChI=1S/C21H36O2S/c1-4-5-6-7-8-10-14-20(17-13-18-24)21(22-2,23-3)19-15-11-9-12-16-19/h9,11-12,15-16,20,24H,4-8,10,13-14,17-18H2,1-3H3. The molecule has 0 aliphatic rings. The third-order valence-corrected chi connectivity index (χ3v) is 5.25. The third-order valence-electron chi connectivity index (χ3n) is 4.94. The van der Waals surface area contributed by atoms with E-state index in [9.17, 15) is 0 Å². The van der Waals surface area contributed by atoms with Gasteiger partial charge in [-0.25, -0.2) is 0 Å². The highest BCUT2D eigenvalue weighted by molar-refractivity contribution is 7.80. The number of ether oxygens (including phenoxy) is 2. The SMILES string of the molecule is CCCCCCCCC(CCCS)C(OC)(OC)c1ccccc1. The van der Waals surface area contributed by atoms with Crippen LogP contribution in [0.4, 0.5) is 0 Å². The summed E-state index contributed by atoms with van der Waals surface area (Å²) in [6.45, 7) is 2.26. The first-order valence-electron chi connectivity index (χ1n) is 9.51. The van der Waals surface area contributed by atoms with Crippen molar-refractivity contribution in [2.24, 2.45) is 5.92 Å². The van der Waals surface area contributed by atoms with Crippen LogP contribution in [-0.2, 0) is 15.3 Å². The van der Waals surface area contributed by atoms with Crippen LogP contribution in [0, 0.1) is 5.92 Å². The molecule has 1 aromatic carbocycles. The first-order chi connectivity index (χ1) is 11.7. The minimum absolute atomic E-state index is 0.355. The summed E-state index contributed by atoms with van der Waals surface area (Å²) < 4.78 is 12.0. The van der Waals surface area contributed by atoms with E-state index in [0.29, 0.717) is 5.92 Å². The second-order valence-corrected chi connectivity index (χ2v) is 7.01. The molecule has 0 aromatic heterocycles. The van der Waals surface area contributed by atoms with E-state index in [0.717, 1.165) is 30.6 Å². The maximum Gasteiger partial charge on any atom is 0.197 e. The summed E-state index contributed by atoms with van der Waals surface area (Å²) in [7, 11) is 3.54. The van der Waals surface area contributed by atoms with Gasteiger partial charge in [-0.3, -0.25) is 0 Å². The molecule has 3 heteroatoms. The lowest BCUT2D eigenvalue weighted by Gasteiger charge is -2.39. The molecule has 0 radical (unpaired) electrons. The lowest BCUT2D eigenvalue weighted by atomic mass is 9.83. The topological polar surface area (TPSA) is 18.5 Å². The number of rotatable bonds is 14. The fraction of sp³-hybridized carbons (Fsp3) is 0.714. The van der Waals surface area contributed by atoms with Gasteiger partial charge in [-0.15, -0.1) is 0 Å². The number of benzene rings is 1. The van der Waals surface area contributed by atoms with Crippen molar-refractivity contribution >= 4 is 12.6 Å². The molecule has 24 heavy (non-hydrogen) atoms. The van der Waals surface area contributed by atoms with E-state index >= 15 is 0 Å². The molecule has 0 saturated carbocycles. The number of hydrogen-bond donors (Lipinski definition) is 1. The summed E-state index contributed by atoms with van der Waals surface area (Å²) in [6.07, 6.45) is 11.2. The molecule has 0 aliphatic carbocycles. The first-order valence-corrected chi connectivity index (χ1v) is 10.1. The summed E-state index contributed by atoms with van der Waals surface area (Å²) >= 11 is 4.40. The van der Waals surface area contributed by atoms with Crippen LogP contribution in [0.5, 0.6) is 0 Å². The van der Waals surface area contributed by atoms with Crippen molar-refractivity contribution in [3.05, 3.63) is 35.9 Å². The molecule has 1 rings (SSSR count). The van der Waals surface area contributed by atoms with Crippen LogP contribution in [-0.4, -0.2) is 20.0 Å². The van der Waals surface area contributed by atoms with Gasteiger partial charge in [0.05, 0.1) is 0 Å². The number of hydrogen-bond acceptors (Lipinski definition) is 3. The van der Waals surface area contributed by atoms with Gasteiger partial charge < -0.3 is 9.47 Å². The van der Waals surface area contributed by atoms with Gasteiger partial charge in [0.25, 0.3) is 0 Å². The van der Waals surface area contributed by atoms with Gasteiger partial charge in [-0.05, 0) is 25.0 Å². The molecule has 1 aromatic rings. The zero-order chi connectivity index (χ0) is 17.7. The van der Waals surface area contributed by atoms with Crippen molar-refractivity contribution in [1.82, 2.24) is 0 Å². The highest BCUT2D eigenvalue weighted by Crippen LogP contribution is 2.40. The molecule has 0 bridgehead atoms. The summed E-state index contributed by atoms with van der Waals surface area (Å²) in [4.78, 5) is 0. The molecular weight excluding hydrogens is 316 g/mol. The molecule has 0 aliphatic heterocycles. The Hall–Kier alpha value is -0.510. The van der Waals surface area contributed by atoms with E-state index in [1.165, 1.54) is 38.5 Å². The molecule has 1 atom stereocenters. The molecule has 0 fully saturated rings. The van der Waals surface area contributed by atoms with E-state index in [2.05, 4.69) is 43.8 Å². The minimum Gasteiger partial charge on any atom is -0.349 e. The molecule has 0 saturated heterocycles. The first kappa shape index (κ1) is 21.5. The van der Waals surface area contributed by atoms with Crippen LogP contribution >= 0.6 is 12.6 Å². The summed E-state index contributed by atoms with van der Waals surface area (Å²) in [5.41, 5.74) is 1.12. The predicted octanol–water partition coefficient (Wildman–Crippen LogP) is 6.21. The smallest absolute Gasteiger partial charge is 0.197 e. The Morgan fingerprint density at radius 1 is 0.875 bits per heavy atom. The van der Waals surface area contributed by atoms with Gasteiger partial charge in [0, 0.05) is 25.7 Å². The molecule has 138 valence electrons. The zero-order valence-electron chi connectivity index (χ0n) is 15.8. The lowest BCUT2D eigenvalue weighted by molar-refractivity contribution is -0.253. The highest BCUT2D eigenvalue weighted by Gasteiger charge is 2.40. The molecule has 0 heterocycles. The van der Waals surface area contributed by atoms with Crippen LogP contribution in [0.3, 0.4) is 0 Å². The van der Waals surface area contributed by atoms with Crippen molar-refractivity contribution in [2.75, 3.05) is 20.0 Å². The summed E-state index contributed by atoms with van der Waals surface area (Å²) in [5.74, 6) is 0.618. The normalized spacial score (nSPS) is 13.2. The minimum atomic E-state index is -0.645. The second-order valence-electron chi connectivity index (χ2n) is 6.56. The van der Waals surface area contributed by atoms with E-state index in [1.54, 1.807) is 14.2 Å². The average molecular weight is 353 g/mol. The fourth-order valence-electron chi connectivity index (χ4n) is 3.59. The maximum atomic E-state index is 5.98. The quantitative estimate of drug-likeness (QED) is 0.244. The van der Waals surface area contributed by atoms with Gasteiger partial charge in [0.1, 0.15) is 0 Å². The Kier molecular flexibility index (Phi) is 11.5. The van der Waals surface area contributed by atoms with Crippen LogP contribution in [0.1, 0.15) is 70.3 Å². The van der Waals surface area contributed by atoms with Crippen molar-refractivity contribution in [3.63, 3.8) is 0 Å². The van der Waals surface area contributed by atoms with E-state index in [1.807, 2.05) is 6.07 Å². The number of thiol groups is 1. The Bertz CT molecular complexity index is 404. The Balaban J connectivity index is 2.77. The Morgan fingerprint density at radius 3 is 2.04 bits per heavy atom. The lowest BCUT2D eigenvalue weighted by Crippen LogP contribution is -2.39. The fourth-order valence-corrected chi connectivity index (χ4v) is 3.77. The summed E-state index contributed by atoms with van der Waals surface area (Å²) in [5, 5.41) is 0. The Labute approximate surface area is 154 Å². The summed E-state index contributed by atoms with van der Waals surface area (Å²) in [6, 6.07) is 10.4. The zero-order valence-corrected chi connectivity index (χ0v) is 16.7. The van der Waals surface area contributed by atoms with Crippen LogP contribution in [0.15, 0.2) is 30.3 Å². The van der Waals surface area contributed by atoms with E-state index in [4.69, 9.17) is 9.47 Å². The highest BCUT2D eigenvalue weighted by atomic mass is 32.1. The predicted molar refractivity (Wildman–Crippen MR) is 107 cm³/mol. The maximum absolute atomic E-state index is 5.98. The van der Waals surface area contributed by atoms with Gasteiger partial charge in [-0.2, -0.15) is 12.6 Å². The van der Waals surface area contributed by atoms with Crippen molar-refractivity contribution in [2.45, 2.75) is 70.5 Å². The van der Waals surface area contributed by atoms with Crippen molar-refractivity contribution in [1.29, 1.82) is 0 Å². The van der Waals surface area contributed by atoms with Gasteiger partial charge in [0.2, 0.25) is 0 Å². The van der Waals surface area contributed by atoms with Crippen LogP contribution in [0.25, 0.3) is 0 Å². The van der Waals surface area contributed by atoms with E-state index in [-0.39, 0.29) is 0 Å². The third kappa shape index (κ3) is 6.42. The van der Waals surface area contributed by atoms with Gasteiger partial charge in [0.15, 0.2) is 5.79 Å². The molecular formula is C21H36O2S. The largest absolute Gasteiger partial charge is 0.349 e. The van der Waals surface area contributed by atoms with Gasteiger partial charge >= 0.3 is 0 Å². The average Bonchev–Trinajstić information content (AvgIpc) is 2.64. The number of unbranched alkanes of at least 4 members (excludes halogenated alkanes) is 5. The van der Waals surface area contributed by atoms with E-state index < -0.39 is 5.79 Å². The van der Waals surface area contributed by atoms with Crippen molar-refractivity contribution in [3.8, 4) is 0 Å². The molecule has 1 unspecified atom stereocenters. The molecule has 0 N–H and O–H groups in total. The Morgan fingerprint density at radius 2 is 1.46 bits per heavy atom. The van der Waals surface area contributed by atoms with Crippen LogP contribution in [0.2, 0.25) is 0 Å². The molecule has 0 spiro atoms. The van der Waals surface area contributed by atoms with Crippen molar-refractivity contribution < 1.29 is 9.47 Å². The monoisotopic (exact) mass is 352 g/mol. The van der Waals surface area contributed by atoms with Crippen LogP contribution < -0.4 is 0 Å². The number of methoxy groups -OCH3 is 2. The molecule has 2 nitrogen and oxygen atoms in total. The molecule has 0 amide bonds.